The molecule has 2 aromatic rings. The molecule has 3 rings (SSSR count). The van der Waals surface area contributed by atoms with Crippen molar-refractivity contribution in [2.24, 2.45) is 0 Å². The second-order valence-electron chi connectivity index (χ2n) is 5.14. The van der Waals surface area contributed by atoms with E-state index in [4.69, 9.17) is 9.47 Å². The van der Waals surface area contributed by atoms with Crippen molar-refractivity contribution in [3.63, 3.8) is 0 Å². The molecular formula is C17H19NO2. The molecule has 0 aliphatic carbocycles. The first kappa shape index (κ1) is 13.2. The Balaban J connectivity index is 1.73. The molecule has 1 aliphatic heterocycles. The van der Waals surface area contributed by atoms with Gasteiger partial charge in [-0.1, -0.05) is 42.5 Å². The first-order chi connectivity index (χ1) is 9.82. The Morgan fingerprint density at radius 3 is 2.30 bits per heavy atom. The molecule has 2 aromatic carbocycles. The minimum Gasteiger partial charge on any atom is -0.497 e. The molecule has 1 heterocycles. The van der Waals surface area contributed by atoms with Gasteiger partial charge in [-0.05, 0) is 23.3 Å². The molecule has 3 heteroatoms. The van der Waals surface area contributed by atoms with Crippen molar-refractivity contribution in [3.8, 4) is 5.75 Å². The maximum absolute atomic E-state index is 5.44. The van der Waals surface area contributed by atoms with Crippen LogP contribution in [0.25, 0.3) is 0 Å². The predicted octanol–water partition coefficient (Wildman–Crippen LogP) is 2.71. The molecule has 0 spiro atoms. The van der Waals surface area contributed by atoms with Crippen LogP contribution >= 0.6 is 0 Å². The summed E-state index contributed by atoms with van der Waals surface area (Å²) in [5, 5.41) is 3.64. The van der Waals surface area contributed by atoms with Crippen LogP contribution in [0.5, 0.6) is 5.75 Å². The lowest BCUT2D eigenvalue weighted by Gasteiger charge is -2.43. The van der Waals surface area contributed by atoms with E-state index in [0.29, 0.717) is 13.2 Å². The average Bonchev–Trinajstić information content (AvgIpc) is 2.48. The number of rotatable bonds is 5. The topological polar surface area (TPSA) is 30.5 Å². The Kier molecular flexibility index (Phi) is 3.72. The Hall–Kier alpha value is -1.84. The first-order valence-electron chi connectivity index (χ1n) is 6.84. The van der Waals surface area contributed by atoms with Crippen molar-refractivity contribution in [2.45, 2.75) is 12.1 Å². The number of hydrogen-bond donors (Lipinski definition) is 1. The van der Waals surface area contributed by atoms with Crippen LogP contribution in [0.2, 0.25) is 0 Å². The van der Waals surface area contributed by atoms with Crippen LogP contribution in [0, 0.1) is 0 Å². The molecule has 1 saturated heterocycles. The third kappa shape index (κ3) is 2.55. The Labute approximate surface area is 119 Å². The van der Waals surface area contributed by atoms with E-state index in [1.807, 2.05) is 18.2 Å². The molecule has 0 radical (unpaired) electrons. The maximum atomic E-state index is 5.44. The highest BCUT2D eigenvalue weighted by Gasteiger charge is 2.39. The predicted molar refractivity (Wildman–Crippen MR) is 78.8 cm³/mol. The summed E-state index contributed by atoms with van der Waals surface area (Å²) in [6.07, 6.45) is 0. The monoisotopic (exact) mass is 269 g/mol. The quantitative estimate of drug-likeness (QED) is 0.905. The second-order valence-corrected chi connectivity index (χ2v) is 5.14. The van der Waals surface area contributed by atoms with Gasteiger partial charge in [0.1, 0.15) is 5.75 Å². The molecule has 0 atom stereocenters. The molecule has 3 nitrogen and oxygen atoms in total. The lowest BCUT2D eigenvalue weighted by molar-refractivity contribution is -0.0796. The molecule has 0 amide bonds. The number of nitrogens with one attached hydrogen (secondary N) is 1. The van der Waals surface area contributed by atoms with Crippen LogP contribution in [-0.2, 0) is 16.8 Å². The van der Waals surface area contributed by atoms with Crippen LogP contribution in [0.4, 0.5) is 0 Å². The number of hydrogen-bond acceptors (Lipinski definition) is 3. The molecule has 1 N–H and O–H groups in total. The minimum atomic E-state index is -0.0673. The van der Waals surface area contributed by atoms with Crippen molar-refractivity contribution < 1.29 is 9.47 Å². The van der Waals surface area contributed by atoms with Gasteiger partial charge in [0.15, 0.2) is 0 Å². The summed E-state index contributed by atoms with van der Waals surface area (Å²) in [6.45, 7) is 2.27. The zero-order valence-corrected chi connectivity index (χ0v) is 11.6. The van der Waals surface area contributed by atoms with Gasteiger partial charge in [-0.2, -0.15) is 0 Å². The van der Waals surface area contributed by atoms with Gasteiger partial charge >= 0.3 is 0 Å². The fraction of sp³-hybridized carbons (Fsp3) is 0.294. The summed E-state index contributed by atoms with van der Waals surface area (Å²) in [5.41, 5.74) is 2.47. The number of methoxy groups -OCH3 is 1. The molecule has 20 heavy (non-hydrogen) atoms. The molecule has 0 bridgehead atoms. The van der Waals surface area contributed by atoms with Crippen molar-refractivity contribution in [3.05, 3.63) is 65.7 Å². The maximum Gasteiger partial charge on any atom is 0.118 e. The Morgan fingerprint density at radius 2 is 1.75 bits per heavy atom. The standard InChI is InChI=1S/C17H19NO2/c1-19-16-9-7-15(8-10-16)17(12-20-13-17)18-11-14-5-3-2-4-6-14/h2-10,18H,11-13H2,1H3. The summed E-state index contributed by atoms with van der Waals surface area (Å²) in [4.78, 5) is 0. The highest BCUT2D eigenvalue weighted by molar-refractivity contribution is 5.33. The fourth-order valence-corrected chi connectivity index (χ4v) is 2.45. The molecule has 0 aromatic heterocycles. The van der Waals surface area contributed by atoms with Crippen molar-refractivity contribution in [1.29, 1.82) is 0 Å². The summed E-state index contributed by atoms with van der Waals surface area (Å²) < 4.78 is 10.7. The molecule has 1 fully saturated rings. The van der Waals surface area contributed by atoms with Gasteiger partial charge in [0.2, 0.25) is 0 Å². The molecule has 1 aliphatic rings. The Bertz CT molecular complexity index is 547. The van der Waals surface area contributed by atoms with E-state index in [-0.39, 0.29) is 5.54 Å². The van der Waals surface area contributed by atoms with Crippen LogP contribution in [0.1, 0.15) is 11.1 Å². The van der Waals surface area contributed by atoms with Gasteiger partial charge in [-0.15, -0.1) is 0 Å². The van der Waals surface area contributed by atoms with E-state index < -0.39 is 0 Å². The van der Waals surface area contributed by atoms with E-state index in [0.717, 1.165) is 12.3 Å². The SMILES string of the molecule is COc1ccc(C2(NCc3ccccc3)COC2)cc1. The fourth-order valence-electron chi connectivity index (χ4n) is 2.45. The van der Waals surface area contributed by atoms with Crippen molar-refractivity contribution in [1.82, 2.24) is 5.32 Å². The van der Waals surface area contributed by atoms with E-state index in [9.17, 15) is 0 Å². The largest absolute Gasteiger partial charge is 0.497 e. The molecular weight excluding hydrogens is 250 g/mol. The van der Waals surface area contributed by atoms with Gasteiger partial charge in [0, 0.05) is 6.54 Å². The molecule has 0 unspecified atom stereocenters. The lowest BCUT2D eigenvalue weighted by Crippen LogP contribution is -2.57. The van der Waals surface area contributed by atoms with Crippen LogP contribution in [0.15, 0.2) is 54.6 Å². The van der Waals surface area contributed by atoms with E-state index in [1.54, 1.807) is 7.11 Å². The normalized spacial score (nSPS) is 16.4. The van der Waals surface area contributed by atoms with Crippen molar-refractivity contribution in [2.75, 3.05) is 20.3 Å². The summed E-state index contributed by atoms with van der Waals surface area (Å²) in [5.74, 6) is 0.882. The van der Waals surface area contributed by atoms with Gasteiger partial charge in [0.05, 0.1) is 25.9 Å². The third-order valence-corrected chi connectivity index (χ3v) is 3.81. The van der Waals surface area contributed by atoms with Gasteiger partial charge < -0.3 is 9.47 Å². The second kappa shape index (κ2) is 5.65. The number of ether oxygens (including phenoxy) is 2. The highest BCUT2D eigenvalue weighted by Crippen LogP contribution is 2.31. The van der Waals surface area contributed by atoms with Crippen LogP contribution < -0.4 is 10.1 Å². The minimum absolute atomic E-state index is 0.0673. The summed E-state index contributed by atoms with van der Waals surface area (Å²) >= 11 is 0. The highest BCUT2D eigenvalue weighted by atomic mass is 16.5. The Morgan fingerprint density at radius 1 is 1.05 bits per heavy atom. The van der Waals surface area contributed by atoms with E-state index in [2.05, 4.69) is 41.7 Å². The average molecular weight is 269 g/mol. The van der Waals surface area contributed by atoms with Gasteiger partial charge in [0.25, 0.3) is 0 Å². The first-order valence-corrected chi connectivity index (χ1v) is 6.84. The molecule has 104 valence electrons. The van der Waals surface area contributed by atoms with Crippen molar-refractivity contribution >= 4 is 0 Å². The van der Waals surface area contributed by atoms with Crippen LogP contribution in [0.3, 0.4) is 0 Å². The molecule has 0 saturated carbocycles. The smallest absolute Gasteiger partial charge is 0.118 e. The van der Waals surface area contributed by atoms with Crippen LogP contribution in [-0.4, -0.2) is 20.3 Å². The summed E-state index contributed by atoms with van der Waals surface area (Å²) in [6, 6.07) is 18.7. The third-order valence-electron chi connectivity index (χ3n) is 3.81. The zero-order valence-electron chi connectivity index (χ0n) is 11.6. The van der Waals surface area contributed by atoms with Gasteiger partial charge in [-0.25, -0.2) is 0 Å². The summed E-state index contributed by atoms with van der Waals surface area (Å²) in [7, 11) is 1.69. The van der Waals surface area contributed by atoms with E-state index >= 15 is 0 Å². The zero-order chi connectivity index (χ0) is 13.8. The van der Waals surface area contributed by atoms with E-state index in [1.165, 1.54) is 11.1 Å². The number of benzene rings is 2. The lowest BCUT2D eigenvalue weighted by atomic mass is 9.87. The van der Waals surface area contributed by atoms with Gasteiger partial charge in [-0.3, -0.25) is 5.32 Å².